The van der Waals surface area contributed by atoms with E-state index in [1.807, 2.05) is 0 Å². The summed E-state index contributed by atoms with van der Waals surface area (Å²) in [7, 11) is -2.68. The number of hydrogen-bond donors (Lipinski definition) is 1. The second-order valence-corrected chi connectivity index (χ2v) is 10.2. The number of sulfonamides is 1. The Kier molecular flexibility index (Phi) is 14.0. The van der Waals surface area contributed by atoms with E-state index in [2.05, 4.69) is 4.98 Å². The van der Waals surface area contributed by atoms with E-state index >= 15 is 0 Å². The van der Waals surface area contributed by atoms with E-state index in [1.165, 1.54) is 49.6 Å². The number of benzene rings is 2. The van der Waals surface area contributed by atoms with Gasteiger partial charge >= 0.3 is 12.3 Å². The summed E-state index contributed by atoms with van der Waals surface area (Å²) in [6, 6.07) is 10.4. The highest BCUT2D eigenvalue weighted by Gasteiger charge is 2.32. The predicted octanol–water partition coefficient (Wildman–Crippen LogP) is 4.70. The molecule has 42 heavy (non-hydrogen) atoms. The van der Waals surface area contributed by atoms with Crippen LogP contribution in [0.25, 0.3) is 6.08 Å². The Bertz CT molecular complexity index is 1470. The molecule has 0 bridgehead atoms. The number of aromatic nitrogens is 1. The first-order valence-corrected chi connectivity index (χ1v) is 13.4. The average molecular weight is 657 g/mol. The maximum atomic E-state index is 13.0. The van der Waals surface area contributed by atoms with E-state index in [-0.39, 0.29) is 45.7 Å². The molecule has 3 aromatic rings. The van der Waals surface area contributed by atoms with Crippen molar-refractivity contribution in [2.45, 2.75) is 11.1 Å². The summed E-state index contributed by atoms with van der Waals surface area (Å²) in [6.45, 7) is 0.177. The van der Waals surface area contributed by atoms with Gasteiger partial charge in [-0.15, -0.1) is 0 Å². The highest BCUT2D eigenvalue weighted by molar-refractivity contribution is 7.90. The van der Waals surface area contributed by atoms with Crippen LogP contribution in [-0.2, 0) is 25.7 Å². The van der Waals surface area contributed by atoms with Crippen LogP contribution in [0.4, 0.5) is 18.0 Å². The molecule has 230 valence electrons. The smallest absolute Gasteiger partial charge is 0.421 e. The van der Waals surface area contributed by atoms with Gasteiger partial charge in [-0.1, -0.05) is 29.3 Å². The Hall–Kier alpha value is -3.60. The quantitative estimate of drug-likeness (QED) is 0.289. The third-order valence-electron chi connectivity index (χ3n) is 4.83. The van der Waals surface area contributed by atoms with Crippen LogP contribution in [0.1, 0.15) is 11.1 Å². The van der Waals surface area contributed by atoms with Crippen LogP contribution in [0.3, 0.4) is 0 Å². The van der Waals surface area contributed by atoms with Crippen molar-refractivity contribution in [1.29, 1.82) is 0 Å². The Morgan fingerprint density at radius 2 is 1.74 bits per heavy atom. The average Bonchev–Trinajstić information content (AvgIpc) is 2.88. The first kappa shape index (κ1) is 36.4. The fourth-order valence-corrected chi connectivity index (χ4v) is 4.17. The molecule has 17 heteroatoms. The minimum absolute atomic E-state index is 0. The summed E-state index contributed by atoms with van der Waals surface area (Å²) >= 11 is 11.7. The lowest BCUT2D eigenvalue weighted by Crippen LogP contribution is -2.31. The van der Waals surface area contributed by atoms with E-state index in [4.69, 9.17) is 42.1 Å². The number of hydrogen-bond acceptors (Lipinski definition) is 8. The molecular formula is C25H25Cl2F3N2O9S. The Balaban J connectivity index is 0.00000441. The number of methoxy groups -OCH3 is 1. The lowest BCUT2D eigenvalue weighted by atomic mass is 10.1. The summed E-state index contributed by atoms with van der Waals surface area (Å²) in [6.07, 6.45) is -2.44. The van der Waals surface area contributed by atoms with Gasteiger partial charge in [0.2, 0.25) is 5.88 Å². The van der Waals surface area contributed by atoms with Gasteiger partial charge in [0, 0.05) is 30.0 Å². The number of nitrogens with zero attached hydrogens (tertiary/aromatic N) is 1. The number of nitrogens with one attached hydrogen (secondary N) is 1. The molecule has 0 saturated heterocycles. The standard InChI is InChI=1S/C25H21Cl2F3N2O7S.2H2O/c1-36-11-12-37-19-7-4-16(22(14-19)39-23-21(27)13-17(15-31-23)25(28,29)30)3-2-10-38-24(33)32-40(34,35)20-8-5-18(26)6-9-20;;/h2-9,13-15H,10-12H2,1H3,(H,32,33);2*1H2/b3-2+;;. The molecule has 3 rings (SSSR count). The summed E-state index contributed by atoms with van der Waals surface area (Å²) in [5.41, 5.74) is -0.662. The van der Waals surface area contributed by atoms with Crippen molar-refractivity contribution < 1.29 is 56.3 Å². The Morgan fingerprint density at radius 3 is 2.36 bits per heavy atom. The van der Waals surface area contributed by atoms with Gasteiger partial charge < -0.3 is 29.9 Å². The second kappa shape index (κ2) is 16.1. The van der Waals surface area contributed by atoms with E-state index < -0.39 is 27.9 Å². The number of carbonyl (C=O) groups is 1. The molecule has 0 spiro atoms. The largest absolute Gasteiger partial charge is 0.491 e. The third kappa shape index (κ3) is 10.7. The first-order chi connectivity index (χ1) is 18.9. The summed E-state index contributed by atoms with van der Waals surface area (Å²) in [4.78, 5) is 15.5. The molecule has 11 nitrogen and oxygen atoms in total. The summed E-state index contributed by atoms with van der Waals surface area (Å²) < 4.78 is 86.2. The lowest BCUT2D eigenvalue weighted by Gasteiger charge is -2.13. The SMILES string of the molecule is COCCOc1ccc(/C=C/COC(=O)NS(=O)(=O)c2ccc(Cl)cc2)c(Oc2ncc(C(F)(F)F)cc2Cl)c1.O.O. The highest BCUT2D eigenvalue weighted by atomic mass is 35.5. The number of ether oxygens (including phenoxy) is 4. The van der Waals surface area contributed by atoms with Gasteiger partial charge in [0.15, 0.2) is 0 Å². The van der Waals surface area contributed by atoms with Crippen LogP contribution in [0.2, 0.25) is 10.0 Å². The maximum Gasteiger partial charge on any atom is 0.421 e. The van der Waals surface area contributed by atoms with Crippen molar-refractivity contribution in [2.24, 2.45) is 0 Å². The molecule has 1 aromatic heterocycles. The highest BCUT2D eigenvalue weighted by Crippen LogP contribution is 2.36. The molecule has 0 atom stereocenters. The number of rotatable bonds is 11. The fraction of sp³-hybridized carbons (Fsp3) is 0.200. The molecule has 0 aliphatic heterocycles. The van der Waals surface area contributed by atoms with Gasteiger partial charge in [0.05, 0.1) is 17.1 Å². The van der Waals surface area contributed by atoms with Crippen LogP contribution in [0, 0.1) is 0 Å². The van der Waals surface area contributed by atoms with Crippen LogP contribution >= 0.6 is 23.2 Å². The zero-order valence-electron chi connectivity index (χ0n) is 21.6. The van der Waals surface area contributed by atoms with Crippen molar-refractivity contribution in [1.82, 2.24) is 9.71 Å². The van der Waals surface area contributed by atoms with Gasteiger partial charge in [-0.25, -0.2) is 22.9 Å². The minimum Gasteiger partial charge on any atom is -0.491 e. The van der Waals surface area contributed by atoms with Crippen molar-refractivity contribution in [3.05, 3.63) is 82.0 Å². The van der Waals surface area contributed by atoms with Crippen LogP contribution in [-0.4, -0.2) is 57.4 Å². The number of amides is 1. The Morgan fingerprint density at radius 1 is 1.05 bits per heavy atom. The second-order valence-electron chi connectivity index (χ2n) is 7.71. The van der Waals surface area contributed by atoms with Crippen LogP contribution in [0.15, 0.2) is 65.7 Å². The molecule has 0 radical (unpaired) electrons. The van der Waals surface area contributed by atoms with Crippen molar-refractivity contribution in [3.8, 4) is 17.4 Å². The maximum absolute atomic E-state index is 13.0. The summed E-state index contributed by atoms with van der Waals surface area (Å²) in [5, 5.41) is -0.0571. The lowest BCUT2D eigenvalue weighted by molar-refractivity contribution is -0.137. The fourth-order valence-electron chi connectivity index (χ4n) is 2.94. The molecule has 1 heterocycles. The number of halogens is 5. The number of alkyl halides is 3. The molecule has 0 aliphatic carbocycles. The molecular weight excluding hydrogens is 632 g/mol. The van der Waals surface area contributed by atoms with E-state index in [1.54, 1.807) is 16.9 Å². The molecule has 1 amide bonds. The van der Waals surface area contributed by atoms with E-state index in [9.17, 15) is 26.4 Å². The van der Waals surface area contributed by atoms with Crippen molar-refractivity contribution >= 4 is 45.4 Å². The van der Waals surface area contributed by atoms with Crippen molar-refractivity contribution in [3.63, 3.8) is 0 Å². The zero-order chi connectivity index (χ0) is 29.3. The molecule has 0 aliphatic rings. The van der Waals surface area contributed by atoms with Crippen LogP contribution < -0.4 is 14.2 Å². The van der Waals surface area contributed by atoms with Crippen LogP contribution in [0.5, 0.6) is 17.4 Å². The molecule has 0 fully saturated rings. The summed E-state index contributed by atoms with van der Waals surface area (Å²) in [5.74, 6) is 0.173. The monoisotopic (exact) mass is 656 g/mol. The first-order valence-electron chi connectivity index (χ1n) is 11.2. The van der Waals surface area contributed by atoms with Gasteiger partial charge in [-0.2, -0.15) is 13.2 Å². The van der Waals surface area contributed by atoms with E-state index in [0.29, 0.717) is 35.2 Å². The van der Waals surface area contributed by atoms with Crippen molar-refractivity contribution in [2.75, 3.05) is 26.9 Å². The number of pyridine rings is 1. The zero-order valence-corrected chi connectivity index (χ0v) is 23.9. The third-order valence-corrected chi connectivity index (χ3v) is 6.68. The predicted molar refractivity (Wildman–Crippen MR) is 148 cm³/mol. The Labute approximate surface area is 248 Å². The normalized spacial score (nSPS) is 11.3. The molecule has 0 unspecified atom stereocenters. The van der Waals surface area contributed by atoms with Gasteiger partial charge in [-0.05, 0) is 48.5 Å². The van der Waals surface area contributed by atoms with Gasteiger partial charge in [-0.3, -0.25) is 0 Å². The van der Waals surface area contributed by atoms with Gasteiger partial charge in [0.25, 0.3) is 10.0 Å². The number of carbonyl (C=O) groups excluding carboxylic acids is 1. The molecule has 5 N–H and O–H groups in total. The minimum atomic E-state index is -4.64. The topological polar surface area (TPSA) is 176 Å². The van der Waals surface area contributed by atoms with Gasteiger partial charge in [0.1, 0.15) is 29.7 Å². The molecule has 2 aromatic carbocycles. The molecule has 0 saturated carbocycles. The van der Waals surface area contributed by atoms with E-state index in [0.717, 1.165) is 0 Å².